The number of amidine groups is 1. The highest BCUT2D eigenvalue weighted by Crippen LogP contribution is 2.52. The maximum atomic E-state index is 13.3. The summed E-state index contributed by atoms with van der Waals surface area (Å²) < 4.78 is 0. The predicted molar refractivity (Wildman–Crippen MR) is 124 cm³/mol. The van der Waals surface area contributed by atoms with Gasteiger partial charge in [-0.05, 0) is 33.2 Å². The molecule has 11 heteroatoms. The Morgan fingerprint density at radius 3 is 2.64 bits per heavy atom. The van der Waals surface area contributed by atoms with Crippen LogP contribution in [0.25, 0.3) is 0 Å². The fourth-order valence-corrected chi connectivity index (χ4v) is 7.15. The first-order chi connectivity index (χ1) is 15.6. The zero-order valence-corrected chi connectivity index (χ0v) is 20.1. The van der Waals surface area contributed by atoms with Gasteiger partial charge >= 0.3 is 5.97 Å². The molecule has 4 heterocycles. The van der Waals surface area contributed by atoms with Gasteiger partial charge in [0.2, 0.25) is 11.8 Å². The van der Waals surface area contributed by atoms with Crippen molar-refractivity contribution in [3.8, 4) is 0 Å². The summed E-state index contributed by atoms with van der Waals surface area (Å²) in [6.45, 7) is 8.59. The third-order valence-corrected chi connectivity index (χ3v) is 8.73. The number of hydrogen-bond acceptors (Lipinski definition) is 7. The third kappa shape index (κ3) is 4.15. The van der Waals surface area contributed by atoms with Crippen LogP contribution in [0.4, 0.5) is 0 Å². The maximum Gasteiger partial charge on any atom is 0.353 e. The van der Waals surface area contributed by atoms with E-state index >= 15 is 0 Å². The summed E-state index contributed by atoms with van der Waals surface area (Å²) in [4.78, 5) is 43.6. The van der Waals surface area contributed by atoms with Crippen molar-refractivity contribution in [2.45, 2.75) is 57.1 Å². The second-order valence-electron chi connectivity index (χ2n) is 9.43. The van der Waals surface area contributed by atoms with Gasteiger partial charge < -0.3 is 30.2 Å². The molecule has 4 rings (SSSR count). The molecule has 182 valence electrons. The van der Waals surface area contributed by atoms with Crippen molar-refractivity contribution in [2.75, 3.05) is 32.7 Å². The summed E-state index contributed by atoms with van der Waals surface area (Å²) in [7, 11) is 0. The zero-order chi connectivity index (χ0) is 24.0. The van der Waals surface area contributed by atoms with Crippen molar-refractivity contribution < 1.29 is 24.6 Å². The summed E-state index contributed by atoms with van der Waals surface area (Å²) in [6.07, 6.45) is 0.571. The average molecular weight is 480 g/mol. The van der Waals surface area contributed by atoms with Crippen LogP contribution in [-0.4, -0.2) is 105 Å². The second-order valence-corrected chi connectivity index (χ2v) is 10.8. The lowest BCUT2D eigenvalue weighted by molar-refractivity contribution is -0.163. The minimum absolute atomic E-state index is 0.00546. The van der Waals surface area contributed by atoms with Crippen molar-refractivity contribution in [1.29, 1.82) is 5.41 Å². The van der Waals surface area contributed by atoms with E-state index in [1.807, 2.05) is 16.7 Å². The Bertz CT molecular complexity index is 884. The number of nitrogens with one attached hydrogen (secondary N) is 2. The largest absolute Gasteiger partial charge is 0.477 e. The number of fused-ring (bicyclic) bond motifs is 1. The number of thioether (sulfide) groups is 1. The number of nitrogens with zero attached hydrogens (tertiary/aromatic N) is 3. The van der Waals surface area contributed by atoms with Gasteiger partial charge in [-0.25, -0.2) is 4.79 Å². The van der Waals surface area contributed by atoms with Gasteiger partial charge in [0, 0.05) is 42.3 Å². The van der Waals surface area contributed by atoms with Gasteiger partial charge in [-0.3, -0.25) is 15.0 Å². The third-order valence-electron chi connectivity index (χ3n) is 7.24. The van der Waals surface area contributed by atoms with Gasteiger partial charge in [0.15, 0.2) is 0 Å². The van der Waals surface area contributed by atoms with Crippen LogP contribution in [0.5, 0.6) is 0 Å². The SMILES string of the molecule is CC(=N)N1C[C@@H](SC2=C(C(=O)O)N3C(=O)[C@H](C(C)O)[C@H]3[C@H]2C)C[C@H]1C(=O)N1CCCNCC1. The van der Waals surface area contributed by atoms with Crippen molar-refractivity contribution in [2.24, 2.45) is 11.8 Å². The Hall–Kier alpha value is -2.11. The van der Waals surface area contributed by atoms with Crippen LogP contribution in [0, 0.1) is 17.2 Å². The van der Waals surface area contributed by atoms with E-state index in [0.717, 1.165) is 19.5 Å². The number of likely N-dealkylation sites (tertiary alicyclic amines) is 1. The lowest BCUT2D eigenvalue weighted by Crippen LogP contribution is -2.63. The van der Waals surface area contributed by atoms with Crippen LogP contribution in [-0.2, 0) is 14.4 Å². The van der Waals surface area contributed by atoms with E-state index in [1.54, 1.807) is 13.8 Å². The number of carboxylic acid groups (broad SMARTS) is 1. The maximum absolute atomic E-state index is 13.3. The number of carbonyl (C=O) groups is 3. The van der Waals surface area contributed by atoms with E-state index in [2.05, 4.69) is 5.32 Å². The molecule has 0 aromatic carbocycles. The molecule has 0 aromatic heterocycles. The molecule has 0 aromatic rings. The molecule has 10 nitrogen and oxygen atoms in total. The predicted octanol–water partition coefficient (Wildman–Crippen LogP) is 0.135. The molecule has 4 N–H and O–H groups in total. The second kappa shape index (κ2) is 9.27. The van der Waals surface area contributed by atoms with E-state index in [1.165, 1.54) is 16.7 Å². The molecule has 6 atom stereocenters. The van der Waals surface area contributed by atoms with Gasteiger partial charge in [0.25, 0.3) is 0 Å². The molecular weight excluding hydrogens is 446 g/mol. The molecule has 33 heavy (non-hydrogen) atoms. The number of hydrogen-bond donors (Lipinski definition) is 4. The Morgan fingerprint density at radius 2 is 2.00 bits per heavy atom. The number of β-lactam (4-membered cyclic amide) rings is 1. The quantitative estimate of drug-likeness (QED) is 0.248. The molecule has 3 saturated heterocycles. The number of rotatable bonds is 5. The Morgan fingerprint density at radius 1 is 1.27 bits per heavy atom. The number of aliphatic hydroxyl groups excluding tert-OH is 1. The number of aliphatic carboxylic acids is 1. The number of aliphatic hydroxyl groups is 1. The normalized spacial score (nSPS) is 33.0. The van der Waals surface area contributed by atoms with E-state index in [-0.39, 0.29) is 34.7 Å². The molecule has 0 bridgehead atoms. The van der Waals surface area contributed by atoms with Gasteiger partial charge in [-0.15, -0.1) is 11.8 Å². The summed E-state index contributed by atoms with van der Waals surface area (Å²) in [5.41, 5.74) is 0.00546. The lowest BCUT2D eigenvalue weighted by Gasteiger charge is -2.46. The van der Waals surface area contributed by atoms with E-state index in [4.69, 9.17) is 5.41 Å². The molecule has 1 unspecified atom stereocenters. The van der Waals surface area contributed by atoms with Crippen LogP contribution >= 0.6 is 11.8 Å². The minimum Gasteiger partial charge on any atom is -0.477 e. The molecule has 3 fully saturated rings. The minimum atomic E-state index is -1.15. The van der Waals surface area contributed by atoms with Crippen molar-refractivity contribution in [1.82, 2.24) is 20.0 Å². The summed E-state index contributed by atoms with van der Waals surface area (Å²) in [5, 5.41) is 31.4. The molecule has 2 amide bonds. The van der Waals surface area contributed by atoms with E-state index < -0.39 is 24.0 Å². The molecule has 0 radical (unpaired) electrons. The molecule has 0 aliphatic carbocycles. The first-order valence-electron chi connectivity index (χ1n) is 11.6. The van der Waals surface area contributed by atoms with Crippen LogP contribution < -0.4 is 5.32 Å². The Labute approximate surface area is 197 Å². The Balaban J connectivity index is 1.54. The zero-order valence-electron chi connectivity index (χ0n) is 19.3. The summed E-state index contributed by atoms with van der Waals surface area (Å²) >= 11 is 1.42. The lowest BCUT2D eigenvalue weighted by atomic mass is 9.79. The van der Waals surface area contributed by atoms with Gasteiger partial charge in [-0.2, -0.15) is 0 Å². The van der Waals surface area contributed by atoms with Crippen LogP contribution in [0.15, 0.2) is 10.6 Å². The van der Waals surface area contributed by atoms with E-state index in [9.17, 15) is 24.6 Å². The number of carboxylic acids is 1. The Kier molecular flexibility index (Phi) is 6.75. The molecule has 0 spiro atoms. The fourth-order valence-electron chi connectivity index (χ4n) is 5.62. The van der Waals surface area contributed by atoms with E-state index in [0.29, 0.717) is 36.8 Å². The van der Waals surface area contributed by atoms with Gasteiger partial charge in [0.05, 0.1) is 23.9 Å². The molecule has 4 aliphatic heterocycles. The highest BCUT2D eigenvalue weighted by Gasteiger charge is 2.60. The van der Waals surface area contributed by atoms with Crippen LogP contribution in [0.2, 0.25) is 0 Å². The first kappa shape index (κ1) is 24.0. The van der Waals surface area contributed by atoms with Crippen molar-refractivity contribution in [3.63, 3.8) is 0 Å². The topological polar surface area (TPSA) is 137 Å². The molecule has 4 aliphatic rings. The smallest absolute Gasteiger partial charge is 0.353 e. The van der Waals surface area contributed by atoms with Crippen molar-refractivity contribution in [3.05, 3.63) is 10.6 Å². The highest BCUT2D eigenvalue weighted by atomic mass is 32.2. The van der Waals surface area contributed by atoms with Crippen LogP contribution in [0.3, 0.4) is 0 Å². The summed E-state index contributed by atoms with van der Waals surface area (Å²) in [5.74, 6) is -1.95. The monoisotopic (exact) mass is 479 g/mol. The number of amides is 2. The highest BCUT2D eigenvalue weighted by molar-refractivity contribution is 8.03. The van der Waals surface area contributed by atoms with Crippen molar-refractivity contribution >= 4 is 35.4 Å². The standard InChI is InChI=1S/C22H33N5O5S/c1-11-17-16(12(2)28)21(30)27(17)18(22(31)32)19(11)33-14-9-15(26(10-14)13(3)23)20(29)25-7-4-5-24-6-8-25/h11-12,14-17,23-24,28H,4-10H2,1-3H3,(H,31,32)/t11-,12?,14+,15+,16-,17-/m1/s1. The number of carbonyl (C=O) groups excluding carboxylic acids is 2. The molecule has 0 saturated carbocycles. The fraction of sp³-hybridized carbons (Fsp3) is 0.727. The summed E-state index contributed by atoms with van der Waals surface area (Å²) in [6, 6.07) is -0.789. The average Bonchev–Trinajstić information content (AvgIpc) is 3.12. The van der Waals surface area contributed by atoms with Crippen LogP contribution in [0.1, 0.15) is 33.6 Å². The first-order valence-corrected chi connectivity index (χ1v) is 12.5. The van der Waals surface area contributed by atoms with Gasteiger partial charge in [0.1, 0.15) is 11.7 Å². The van der Waals surface area contributed by atoms with Gasteiger partial charge in [-0.1, -0.05) is 6.92 Å². The molecular formula is C22H33N5O5S.